The summed E-state index contributed by atoms with van der Waals surface area (Å²) in [6.07, 6.45) is 0. The fourth-order valence-corrected chi connectivity index (χ4v) is 1.69. The van der Waals surface area contributed by atoms with Gasteiger partial charge in [0, 0.05) is 0 Å². The molecule has 3 aromatic rings. The van der Waals surface area contributed by atoms with Crippen LogP contribution in [0.2, 0.25) is 0 Å². The highest BCUT2D eigenvalue weighted by atomic mass is 16.5. The smallest absolute Gasteiger partial charge is 0.179 e. The van der Waals surface area contributed by atoms with Gasteiger partial charge in [0.15, 0.2) is 5.65 Å². The van der Waals surface area contributed by atoms with E-state index < -0.39 is 0 Å². The predicted octanol–water partition coefficient (Wildman–Crippen LogP) is 2.12. The van der Waals surface area contributed by atoms with Gasteiger partial charge >= 0.3 is 0 Å². The van der Waals surface area contributed by atoms with Crippen LogP contribution in [0.25, 0.3) is 11.2 Å². The Morgan fingerprint density at radius 3 is 2.72 bits per heavy atom. The lowest BCUT2D eigenvalue weighted by molar-refractivity contribution is 0.297. The average molecular weight is 240 g/mol. The number of aromatic nitrogens is 3. The molecule has 0 spiro atoms. The van der Waals surface area contributed by atoms with E-state index in [1.165, 1.54) is 0 Å². The van der Waals surface area contributed by atoms with Gasteiger partial charge in [0.25, 0.3) is 0 Å². The number of nitrogens with two attached hydrogens (primary N) is 1. The van der Waals surface area contributed by atoms with Gasteiger partial charge in [-0.1, -0.05) is 18.2 Å². The van der Waals surface area contributed by atoms with E-state index in [1.807, 2.05) is 36.4 Å². The van der Waals surface area contributed by atoms with Crippen molar-refractivity contribution in [3.63, 3.8) is 0 Å². The molecule has 0 aliphatic carbocycles. The van der Waals surface area contributed by atoms with Crippen LogP contribution in [-0.2, 0) is 6.61 Å². The van der Waals surface area contributed by atoms with Gasteiger partial charge in [0.05, 0.1) is 5.52 Å². The third-order valence-electron chi connectivity index (χ3n) is 2.54. The third-order valence-corrected chi connectivity index (χ3v) is 2.54. The molecule has 90 valence electrons. The summed E-state index contributed by atoms with van der Waals surface area (Å²) in [6, 6.07) is 13.2. The molecule has 3 N–H and O–H groups in total. The fourth-order valence-electron chi connectivity index (χ4n) is 1.69. The minimum atomic E-state index is 0.375. The Kier molecular flexibility index (Phi) is 2.57. The molecule has 0 saturated carbocycles. The van der Waals surface area contributed by atoms with Crippen molar-refractivity contribution >= 4 is 17.0 Å². The number of hydrogen-bond donors (Lipinski definition) is 2. The van der Waals surface area contributed by atoms with Crippen molar-refractivity contribution in [3.05, 3.63) is 48.3 Å². The molecule has 5 heteroatoms. The molecule has 18 heavy (non-hydrogen) atoms. The van der Waals surface area contributed by atoms with E-state index in [4.69, 9.17) is 10.5 Å². The first-order valence-electron chi connectivity index (χ1n) is 5.60. The van der Waals surface area contributed by atoms with Crippen LogP contribution in [0.1, 0.15) is 5.82 Å². The highest BCUT2D eigenvalue weighted by Gasteiger charge is 2.04. The van der Waals surface area contributed by atoms with Crippen LogP contribution in [0.15, 0.2) is 42.5 Å². The fraction of sp³-hybridized carbons (Fsp3) is 0.0769. The molecule has 0 bridgehead atoms. The molecule has 2 heterocycles. The highest BCUT2D eigenvalue weighted by Crippen LogP contribution is 2.13. The van der Waals surface area contributed by atoms with Crippen molar-refractivity contribution in [1.29, 1.82) is 0 Å². The summed E-state index contributed by atoms with van der Waals surface area (Å²) in [5.74, 6) is 2.00. The van der Waals surface area contributed by atoms with Crippen LogP contribution in [0.3, 0.4) is 0 Å². The standard InChI is InChI=1S/C13H12N4O/c14-11-7-6-10-13(16-11)17-12(15-10)8-18-9-4-2-1-3-5-9/h1-7H,8H2,(H3,14,15,16,17). The van der Waals surface area contributed by atoms with Gasteiger partial charge in [-0.15, -0.1) is 0 Å². The molecule has 0 saturated heterocycles. The van der Waals surface area contributed by atoms with Crippen LogP contribution >= 0.6 is 0 Å². The van der Waals surface area contributed by atoms with Crippen molar-refractivity contribution < 1.29 is 4.74 Å². The van der Waals surface area contributed by atoms with Gasteiger partial charge in [-0.25, -0.2) is 9.97 Å². The number of hydrogen-bond acceptors (Lipinski definition) is 4. The third kappa shape index (κ3) is 2.10. The number of nitrogens with zero attached hydrogens (tertiary/aromatic N) is 2. The first-order valence-corrected chi connectivity index (χ1v) is 5.60. The first-order chi connectivity index (χ1) is 8.81. The number of benzene rings is 1. The summed E-state index contributed by atoms with van der Waals surface area (Å²) in [4.78, 5) is 11.6. The summed E-state index contributed by atoms with van der Waals surface area (Å²) in [5.41, 5.74) is 7.07. The summed E-state index contributed by atoms with van der Waals surface area (Å²) >= 11 is 0. The number of nitrogens with one attached hydrogen (secondary N) is 1. The lowest BCUT2D eigenvalue weighted by Gasteiger charge is -2.02. The summed E-state index contributed by atoms with van der Waals surface area (Å²) in [7, 11) is 0. The number of nitrogen functional groups attached to an aromatic ring is 1. The maximum absolute atomic E-state index is 5.60. The Hall–Kier alpha value is -2.56. The van der Waals surface area contributed by atoms with E-state index in [0.717, 1.165) is 17.1 Å². The van der Waals surface area contributed by atoms with Crippen LogP contribution in [0.4, 0.5) is 5.82 Å². The molecule has 1 aromatic carbocycles. The van der Waals surface area contributed by atoms with Gasteiger partial charge in [-0.05, 0) is 24.3 Å². The zero-order valence-corrected chi connectivity index (χ0v) is 9.63. The Labute approximate surface area is 104 Å². The summed E-state index contributed by atoms with van der Waals surface area (Å²) < 4.78 is 5.60. The molecule has 0 fully saturated rings. The van der Waals surface area contributed by atoms with Crippen molar-refractivity contribution in [3.8, 4) is 5.75 Å². The zero-order valence-electron chi connectivity index (χ0n) is 9.63. The Bertz CT molecular complexity index is 663. The first kappa shape index (κ1) is 10.6. The van der Waals surface area contributed by atoms with Gasteiger partial charge in [-0.2, -0.15) is 0 Å². The molecule has 0 atom stereocenters. The SMILES string of the molecule is Nc1ccc2[nH]c(COc3ccccc3)nc2n1. The molecular weight excluding hydrogens is 228 g/mol. The molecule has 2 aromatic heterocycles. The normalized spacial score (nSPS) is 10.7. The van der Waals surface area contributed by atoms with Gasteiger partial charge in [0.1, 0.15) is 24.0 Å². The molecule has 5 nitrogen and oxygen atoms in total. The molecule has 0 amide bonds. The van der Waals surface area contributed by atoms with Crippen molar-refractivity contribution in [2.75, 3.05) is 5.73 Å². The predicted molar refractivity (Wildman–Crippen MR) is 69.1 cm³/mol. The number of para-hydroxylation sites is 1. The van der Waals surface area contributed by atoms with Crippen molar-refractivity contribution in [1.82, 2.24) is 15.0 Å². The van der Waals surface area contributed by atoms with E-state index in [9.17, 15) is 0 Å². The largest absolute Gasteiger partial charge is 0.486 e. The number of anilines is 1. The number of rotatable bonds is 3. The molecule has 0 unspecified atom stereocenters. The number of pyridine rings is 1. The van der Waals surface area contributed by atoms with Crippen molar-refractivity contribution in [2.45, 2.75) is 6.61 Å². The van der Waals surface area contributed by atoms with Gasteiger partial charge in [-0.3, -0.25) is 0 Å². The quantitative estimate of drug-likeness (QED) is 0.735. The van der Waals surface area contributed by atoms with Crippen LogP contribution in [0.5, 0.6) is 5.75 Å². The number of aromatic amines is 1. The lowest BCUT2D eigenvalue weighted by atomic mass is 10.3. The maximum atomic E-state index is 5.60. The van der Waals surface area contributed by atoms with Crippen LogP contribution in [0, 0.1) is 0 Å². The minimum Gasteiger partial charge on any atom is -0.486 e. The molecule has 0 aliphatic heterocycles. The van der Waals surface area contributed by atoms with Crippen molar-refractivity contribution in [2.24, 2.45) is 0 Å². The van der Waals surface area contributed by atoms with E-state index in [1.54, 1.807) is 6.07 Å². The van der Waals surface area contributed by atoms with Crippen LogP contribution in [-0.4, -0.2) is 15.0 Å². The molecule has 3 rings (SSSR count). The Morgan fingerprint density at radius 1 is 1.06 bits per heavy atom. The number of imidazole rings is 1. The van der Waals surface area contributed by atoms with E-state index in [0.29, 0.717) is 18.1 Å². The highest BCUT2D eigenvalue weighted by molar-refractivity contribution is 5.72. The average Bonchev–Trinajstić information content (AvgIpc) is 2.79. The maximum Gasteiger partial charge on any atom is 0.179 e. The van der Waals surface area contributed by atoms with E-state index in [-0.39, 0.29) is 0 Å². The number of ether oxygens (including phenoxy) is 1. The monoisotopic (exact) mass is 240 g/mol. The van der Waals surface area contributed by atoms with E-state index >= 15 is 0 Å². The van der Waals surface area contributed by atoms with Gasteiger partial charge < -0.3 is 15.5 Å². The van der Waals surface area contributed by atoms with E-state index in [2.05, 4.69) is 15.0 Å². The van der Waals surface area contributed by atoms with Gasteiger partial charge in [0.2, 0.25) is 0 Å². The number of H-pyrrole nitrogens is 1. The topological polar surface area (TPSA) is 76.8 Å². The molecule has 0 radical (unpaired) electrons. The van der Waals surface area contributed by atoms with Crippen LogP contribution < -0.4 is 10.5 Å². The second-order valence-corrected chi connectivity index (χ2v) is 3.89. The Balaban J connectivity index is 1.79. The second kappa shape index (κ2) is 4.37. The lowest BCUT2D eigenvalue weighted by Crippen LogP contribution is -1.97. The minimum absolute atomic E-state index is 0.375. The second-order valence-electron chi connectivity index (χ2n) is 3.89. The number of fused-ring (bicyclic) bond motifs is 1. The summed E-state index contributed by atoms with van der Waals surface area (Å²) in [6.45, 7) is 0.375. The zero-order chi connectivity index (χ0) is 12.4. The molecule has 0 aliphatic rings. The summed E-state index contributed by atoms with van der Waals surface area (Å²) in [5, 5.41) is 0. The Morgan fingerprint density at radius 2 is 1.89 bits per heavy atom. The molecular formula is C13H12N4O.